The molecule has 0 amide bonds. The molecule has 0 atom stereocenters. The molecule has 0 aromatic heterocycles. The van der Waals surface area contributed by atoms with Crippen molar-refractivity contribution in [1.82, 2.24) is 0 Å². The summed E-state index contributed by atoms with van der Waals surface area (Å²) in [6.07, 6.45) is 7.25. The molecule has 0 nitrogen and oxygen atoms in total. The molecule has 8 heavy (non-hydrogen) atoms. The molecule has 1 heteroatoms. The maximum absolute atomic E-state index is 3.94. The van der Waals surface area contributed by atoms with E-state index in [0.717, 1.165) is 0 Å². The lowest BCUT2D eigenvalue weighted by Gasteiger charge is -1.88. The van der Waals surface area contributed by atoms with Crippen LogP contribution in [0, 0.1) is 0 Å². The standard InChI is InChI=1S/C7H13P/c1-2-3-4-5-6-7-8/h6-7H,2-5H2,1H3. The second-order valence-corrected chi connectivity index (χ2v) is 2.18. The van der Waals surface area contributed by atoms with Crippen molar-refractivity contribution in [2.45, 2.75) is 32.6 Å². The average molecular weight is 128 g/mol. The predicted molar refractivity (Wildman–Crippen MR) is 40.2 cm³/mol. The Kier molecular flexibility index (Phi) is 7.32. The van der Waals surface area contributed by atoms with E-state index in [0.29, 0.717) is 0 Å². The molecule has 46 valence electrons. The van der Waals surface area contributed by atoms with Crippen LogP contribution in [0.4, 0.5) is 0 Å². The summed E-state index contributed by atoms with van der Waals surface area (Å²) in [7, 11) is 3.94. The summed E-state index contributed by atoms with van der Waals surface area (Å²) in [4.78, 5) is 0. The van der Waals surface area contributed by atoms with Gasteiger partial charge in [-0.1, -0.05) is 31.7 Å². The summed E-state index contributed by atoms with van der Waals surface area (Å²) in [5.74, 6) is 1.82. The summed E-state index contributed by atoms with van der Waals surface area (Å²) < 4.78 is 0. The van der Waals surface area contributed by atoms with E-state index in [1.54, 1.807) is 0 Å². The minimum atomic E-state index is 1.19. The van der Waals surface area contributed by atoms with Crippen molar-refractivity contribution in [2.24, 2.45) is 0 Å². The fraction of sp³-hybridized carbons (Fsp3) is 0.714. The highest BCUT2D eigenvalue weighted by molar-refractivity contribution is 7.20. The van der Waals surface area contributed by atoms with Crippen molar-refractivity contribution in [3.63, 3.8) is 0 Å². The van der Waals surface area contributed by atoms with Gasteiger partial charge in [0.25, 0.3) is 0 Å². The molecule has 0 aliphatic rings. The van der Waals surface area contributed by atoms with Gasteiger partial charge in [-0.15, -0.1) is 0 Å². The molecule has 0 heterocycles. The molecule has 0 spiro atoms. The SMILES string of the molecule is CCCCCC=C[P]. The highest BCUT2D eigenvalue weighted by Gasteiger charge is 1.78. The van der Waals surface area contributed by atoms with Gasteiger partial charge in [-0.2, -0.15) is 0 Å². The zero-order valence-electron chi connectivity index (χ0n) is 5.43. The van der Waals surface area contributed by atoms with Gasteiger partial charge >= 0.3 is 0 Å². The predicted octanol–water partition coefficient (Wildman–Crippen LogP) is 3.49. The minimum absolute atomic E-state index is 1.19. The summed E-state index contributed by atoms with van der Waals surface area (Å²) in [6.45, 7) is 2.21. The van der Waals surface area contributed by atoms with E-state index in [9.17, 15) is 0 Å². The highest BCUT2D eigenvalue weighted by Crippen LogP contribution is 2.00. The molecule has 0 aliphatic carbocycles. The normalized spacial score (nSPS) is 10.8. The lowest BCUT2D eigenvalue weighted by atomic mass is 10.2. The molecule has 0 saturated carbocycles. The second kappa shape index (κ2) is 7.17. The Balaban J connectivity index is 2.72. The van der Waals surface area contributed by atoms with E-state index >= 15 is 0 Å². The Morgan fingerprint density at radius 2 is 2.12 bits per heavy atom. The Bertz CT molecular complexity index is 57.4. The van der Waals surface area contributed by atoms with E-state index in [1.807, 2.05) is 5.82 Å². The van der Waals surface area contributed by atoms with E-state index in [-0.39, 0.29) is 0 Å². The van der Waals surface area contributed by atoms with Crippen LogP contribution >= 0.6 is 9.24 Å². The zero-order chi connectivity index (χ0) is 6.24. The molecule has 0 bridgehead atoms. The number of allylic oxidation sites excluding steroid dienone is 1. The fourth-order valence-electron chi connectivity index (χ4n) is 0.587. The number of unbranched alkanes of at least 4 members (excludes halogenated alkanes) is 3. The maximum atomic E-state index is 3.94. The van der Waals surface area contributed by atoms with Gasteiger partial charge in [0.2, 0.25) is 0 Å². The Morgan fingerprint density at radius 1 is 1.38 bits per heavy atom. The van der Waals surface area contributed by atoms with Gasteiger partial charge in [0, 0.05) is 0 Å². The van der Waals surface area contributed by atoms with Crippen molar-refractivity contribution in [3.8, 4) is 0 Å². The molecule has 0 unspecified atom stereocenters. The molecule has 0 saturated heterocycles. The topological polar surface area (TPSA) is 0 Å². The van der Waals surface area contributed by atoms with Gasteiger partial charge in [-0.25, -0.2) is 0 Å². The van der Waals surface area contributed by atoms with E-state index in [2.05, 4.69) is 22.2 Å². The van der Waals surface area contributed by atoms with Gasteiger partial charge in [0.05, 0.1) is 0 Å². The van der Waals surface area contributed by atoms with E-state index < -0.39 is 0 Å². The minimum Gasteiger partial charge on any atom is -0.0834 e. The third-order valence-corrected chi connectivity index (χ3v) is 1.29. The first-order chi connectivity index (χ1) is 3.91. The van der Waals surface area contributed by atoms with Gasteiger partial charge in [-0.05, 0) is 22.1 Å². The van der Waals surface area contributed by atoms with E-state index in [1.165, 1.54) is 25.7 Å². The summed E-state index contributed by atoms with van der Waals surface area (Å²) in [6, 6.07) is 0. The number of hydrogen-bond acceptors (Lipinski definition) is 0. The van der Waals surface area contributed by atoms with Crippen LogP contribution in [0.1, 0.15) is 32.6 Å². The van der Waals surface area contributed by atoms with Crippen molar-refractivity contribution in [3.05, 3.63) is 11.9 Å². The van der Waals surface area contributed by atoms with Crippen LogP contribution < -0.4 is 0 Å². The van der Waals surface area contributed by atoms with Gasteiger partial charge in [-0.3, -0.25) is 0 Å². The molecule has 0 N–H and O–H groups in total. The quantitative estimate of drug-likeness (QED) is 0.401. The molecule has 0 aromatic carbocycles. The first-order valence-electron chi connectivity index (χ1n) is 3.21. The molecule has 0 aromatic rings. The Morgan fingerprint density at radius 3 is 2.62 bits per heavy atom. The third-order valence-electron chi connectivity index (χ3n) is 1.08. The molecule has 0 aliphatic heterocycles. The average Bonchev–Trinajstić information content (AvgIpc) is 1.81. The van der Waals surface area contributed by atoms with Crippen molar-refractivity contribution >= 4 is 9.24 Å². The lowest BCUT2D eigenvalue weighted by molar-refractivity contribution is 0.729. The summed E-state index contributed by atoms with van der Waals surface area (Å²) >= 11 is 0. The summed E-state index contributed by atoms with van der Waals surface area (Å²) in [5, 5.41) is 0. The van der Waals surface area contributed by atoms with Crippen LogP contribution in [-0.2, 0) is 0 Å². The fourth-order valence-corrected chi connectivity index (χ4v) is 0.736. The van der Waals surface area contributed by atoms with Gasteiger partial charge in [0.15, 0.2) is 0 Å². The van der Waals surface area contributed by atoms with Crippen LogP contribution in [0.2, 0.25) is 0 Å². The van der Waals surface area contributed by atoms with Crippen LogP contribution in [0.15, 0.2) is 11.9 Å². The molecule has 2 radical (unpaired) electrons. The first-order valence-corrected chi connectivity index (χ1v) is 3.72. The van der Waals surface area contributed by atoms with Crippen molar-refractivity contribution < 1.29 is 0 Å². The third kappa shape index (κ3) is 6.17. The van der Waals surface area contributed by atoms with E-state index in [4.69, 9.17) is 0 Å². The van der Waals surface area contributed by atoms with Crippen LogP contribution in [0.5, 0.6) is 0 Å². The molecule has 0 rings (SSSR count). The molecule has 0 fully saturated rings. The zero-order valence-corrected chi connectivity index (χ0v) is 6.32. The van der Waals surface area contributed by atoms with Gasteiger partial charge in [0.1, 0.15) is 0 Å². The smallest absolute Gasteiger partial charge is 0.0146 e. The molecular weight excluding hydrogens is 115 g/mol. The van der Waals surface area contributed by atoms with Gasteiger partial charge < -0.3 is 0 Å². The Hall–Kier alpha value is 0.170. The van der Waals surface area contributed by atoms with Crippen LogP contribution in [0.25, 0.3) is 0 Å². The Labute approximate surface area is 54.6 Å². The lowest BCUT2D eigenvalue weighted by Crippen LogP contribution is -1.68. The summed E-state index contributed by atoms with van der Waals surface area (Å²) in [5.41, 5.74) is 0. The highest BCUT2D eigenvalue weighted by atomic mass is 31.0. The largest absolute Gasteiger partial charge is 0.0834 e. The first kappa shape index (κ1) is 8.17. The number of rotatable bonds is 4. The monoisotopic (exact) mass is 128 g/mol. The van der Waals surface area contributed by atoms with Crippen LogP contribution in [-0.4, -0.2) is 0 Å². The maximum Gasteiger partial charge on any atom is -0.0146 e. The second-order valence-electron chi connectivity index (χ2n) is 1.88. The molecular formula is C7H13P. The number of hydrogen-bond donors (Lipinski definition) is 0. The van der Waals surface area contributed by atoms with Crippen molar-refractivity contribution in [1.29, 1.82) is 0 Å². The van der Waals surface area contributed by atoms with Crippen molar-refractivity contribution in [2.75, 3.05) is 0 Å². The van der Waals surface area contributed by atoms with Crippen LogP contribution in [0.3, 0.4) is 0 Å².